The number of carbonyl (C=O) groups excluding carboxylic acids is 3. The Morgan fingerprint density at radius 3 is 2.36 bits per heavy atom. The molecule has 1 atom stereocenters. The minimum absolute atomic E-state index is 0.117. The Morgan fingerprint density at radius 1 is 1.00 bits per heavy atom. The summed E-state index contributed by atoms with van der Waals surface area (Å²) in [6, 6.07) is 17.2. The molecule has 204 valence electrons. The van der Waals surface area contributed by atoms with E-state index in [1.165, 1.54) is 7.11 Å². The van der Waals surface area contributed by atoms with Gasteiger partial charge >= 0.3 is 0 Å². The standard InChI is InChI=1S/C30H31Cl2N3O4/c1-6-26(36)33-30(21-9-7-8-10-23(21)32)22-16-20(31)13-14-24(22)35(28(30)38)17-19-12-11-18(15-25(19)39-5)27(37)34-29(2,3)4/h7-16H,6,17H2,1-5H3,(H,33,36)(H,34,37). The Labute approximate surface area is 238 Å². The SMILES string of the molecule is CCC(=O)NC1(c2ccccc2Cl)C(=O)N(Cc2ccc(C(=O)NC(C)(C)C)cc2OC)c2ccc(Cl)cc21. The molecule has 0 saturated carbocycles. The van der Waals surface area contributed by atoms with Gasteiger partial charge in [0.15, 0.2) is 5.54 Å². The van der Waals surface area contributed by atoms with E-state index in [4.69, 9.17) is 27.9 Å². The highest BCUT2D eigenvalue weighted by Crippen LogP contribution is 2.48. The first-order valence-electron chi connectivity index (χ1n) is 12.6. The Morgan fingerprint density at radius 2 is 1.72 bits per heavy atom. The monoisotopic (exact) mass is 567 g/mol. The molecule has 3 aromatic carbocycles. The molecule has 0 spiro atoms. The molecule has 0 radical (unpaired) electrons. The predicted octanol–water partition coefficient (Wildman–Crippen LogP) is 5.85. The molecule has 0 bridgehead atoms. The normalized spacial score (nSPS) is 16.6. The van der Waals surface area contributed by atoms with Crippen molar-refractivity contribution in [2.75, 3.05) is 12.0 Å². The van der Waals surface area contributed by atoms with Crippen LogP contribution in [0.4, 0.5) is 5.69 Å². The Kier molecular flexibility index (Phi) is 7.96. The molecule has 0 aliphatic carbocycles. The lowest BCUT2D eigenvalue weighted by atomic mass is 9.83. The van der Waals surface area contributed by atoms with Gasteiger partial charge in [0.2, 0.25) is 5.91 Å². The fourth-order valence-electron chi connectivity index (χ4n) is 4.74. The van der Waals surface area contributed by atoms with Crippen LogP contribution < -0.4 is 20.3 Å². The highest BCUT2D eigenvalue weighted by Gasteiger charge is 2.54. The van der Waals surface area contributed by atoms with Crippen molar-refractivity contribution in [3.05, 3.63) is 93.0 Å². The molecule has 3 aromatic rings. The molecule has 0 aromatic heterocycles. The lowest BCUT2D eigenvalue weighted by Crippen LogP contribution is -2.53. The third kappa shape index (κ3) is 5.47. The number of hydrogen-bond acceptors (Lipinski definition) is 4. The summed E-state index contributed by atoms with van der Waals surface area (Å²) in [4.78, 5) is 41.6. The average molecular weight is 569 g/mol. The van der Waals surface area contributed by atoms with Crippen LogP contribution in [0.2, 0.25) is 10.0 Å². The van der Waals surface area contributed by atoms with Crippen LogP contribution in [0.5, 0.6) is 5.75 Å². The summed E-state index contributed by atoms with van der Waals surface area (Å²) >= 11 is 13.0. The number of methoxy groups -OCH3 is 1. The maximum Gasteiger partial charge on any atom is 0.262 e. The third-order valence-corrected chi connectivity index (χ3v) is 7.08. The molecular weight excluding hydrogens is 537 g/mol. The van der Waals surface area contributed by atoms with E-state index in [1.807, 2.05) is 20.8 Å². The maximum atomic E-state index is 14.4. The lowest BCUT2D eigenvalue weighted by molar-refractivity contribution is -0.130. The van der Waals surface area contributed by atoms with Crippen LogP contribution in [0.3, 0.4) is 0 Å². The molecule has 1 unspecified atom stereocenters. The third-order valence-electron chi connectivity index (χ3n) is 6.51. The Balaban J connectivity index is 1.83. The van der Waals surface area contributed by atoms with Gasteiger partial charge in [-0.3, -0.25) is 14.4 Å². The van der Waals surface area contributed by atoms with Crippen molar-refractivity contribution in [3.8, 4) is 5.75 Å². The van der Waals surface area contributed by atoms with E-state index in [9.17, 15) is 14.4 Å². The van der Waals surface area contributed by atoms with Gasteiger partial charge in [-0.05, 0) is 57.2 Å². The van der Waals surface area contributed by atoms with Crippen molar-refractivity contribution >= 4 is 46.6 Å². The van der Waals surface area contributed by atoms with Gasteiger partial charge in [0.1, 0.15) is 5.75 Å². The molecule has 39 heavy (non-hydrogen) atoms. The molecule has 0 saturated heterocycles. The van der Waals surface area contributed by atoms with Crippen LogP contribution in [0, 0.1) is 0 Å². The van der Waals surface area contributed by atoms with Crippen molar-refractivity contribution in [2.24, 2.45) is 0 Å². The summed E-state index contributed by atoms with van der Waals surface area (Å²) in [5.41, 5.74) is 0.687. The Hall–Kier alpha value is -3.55. The van der Waals surface area contributed by atoms with Crippen LogP contribution >= 0.6 is 23.2 Å². The van der Waals surface area contributed by atoms with Crippen LogP contribution in [-0.2, 0) is 21.7 Å². The second-order valence-electron chi connectivity index (χ2n) is 10.4. The van der Waals surface area contributed by atoms with Gasteiger partial charge in [-0.1, -0.05) is 54.4 Å². The molecule has 1 aliphatic heterocycles. The number of carbonyl (C=O) groups is 3. The number of rotatable bonds is 7. The van der Waals surface area contributed by atoms with Crippen molar-refractivity contribution in [3.63, 3.8) is 0 Å². The molecule has 2 N–H and O–H groups in total. The number of benzene rings is 3. The summed E-state index contributed by atoms with van der Waals surface area (Å²) in [6.07, 6.45) is 0.168. The molecule has 7 nitrogen and oxygen atoms in total. The number of halogens is 2. The fourth-order valence-corrected chi connectivity index (χ4v) is 5.19. The van der Waals surface area contributed by atoms with Crippen molar-refractivity contribution in [1.82, 2.24) is 10.6 Å². The number of anilines is 1. The molecule has 9 heteroatoms. The smallest absolute Gasteiger partial charge is 0.262 e. The quantitative estimate of drug-likeness (QED) is 0.375. The minimum Gasteiger partial charge on any atom is -0.496 e. The van der Waals surface area contributed by atoms with Gasteiger partial charge in [-0.2, -0.15) is 0 Å². The second kappa shape index (κ2) is 10.9. The summed E-state index contributed by atoms with van der Waals surface area (Å²) < 4.78 is 5.63. The predicted molar refractivity (Wildman–Crippen MR) is 154 cm³/mol. The summed E-state index contributed by atoms with van der Waals surface area (Å²) in [5.74, 6) is -0.480. The summed E-state index contributed by atoms with van der Waals surface area (Å²) in [5, 5.41) is 6.65. The van der Waals surface area contributed by atoms with Crippen molar-refractivity contribution in [2.45, 2.75) is 51.7 Å². The molecule has 4 rings (SSSR count). The van der Waals surface area contributed by atoms with Crippen LogP contribution in [0.25, 0.3) is 0 Å². The zero-order valence-corrected chi connectivity index (χ0v) is 24.0. The highest BCUT2D eigenvalue weighted by atomic mass is 35.5. The number of amides is 3. The van der Waals surface area contributed by atoms with E-state index in [0.29, 0.717) is 43.7 Å². The van der Waals surface area contributed by atoms with E-state index < -0.39 is 11.1 Å². The zero-order chi connectivity index (χ0) is 28.5. The second-order valence-corrected chi connectivity index (χ2v) is 11.3. The first-order chi connectivity index (χ1) is 18.4. The molecule has 0 fully saturated rings. The van der Waals surface area contributed by atoms with Gasteiger partial charge in [0.25, 0.3) is 11.8 Å². The van der Waals surface area contributed by atoms with Gasteiger partial charge in [0.05, 0.1) is 19.3 Å². The fraction of sp³-hybridized carbons (Fsp3) is 0.300. The topological polar surface area (TPSA) is 87.7 Å². The number of nitrogens with zero attached hydrogens (tertiary/aromatic N) is 1. The summed E-state index contributed by atoms with van der Waals surface area (Å²) in [7, 11) is 1.51. The molecule has 1 heterocycles. The number of hydrogen-bond donors (Lipinski definition) is 2. The van der Waals surface area contributed by atoms with Gasteiger partial charge in [-0.15, -0.1) is 0 Å². The molecule has 1 aliphatic rings. The number of fused-ring (bicyclic) bond motifs is 1. The average Bonchev–Trinajstić information content (AvgIpc) is 3.10. The van der Waals surface area contributed by atoms with Crippen LogP contribution in [0.1, 0.15) is 61.2 Å². The number of nitrogens with one attached hydrogen (secondary N) is 2. The van der Waals surface area contributed by atoms with Gasteiger partial charge in [0, 0.05) is 44.3 Å². The highest BCUT2D eigenvalue weighted by molar-refractivity contribution is 6.33. The largest absolute Gasteiger partial charge is 0.496 e. The zero-order valence-electron chi connectivity index (χ0n) is 22.5. The van der Waals surface area contributed by atoms with E-state index in [2.05, 4.69) is 10.6 Å². The first-order valence-corrected chi connectivity index (χ1v) is 13.3. The van der Waals surface area contributed by atoms with Gasteiger partial charge in [-0.25, -0.2) is 0 Å². The van der Waals surface area contributed by atoms with Crippen molar-refractivity contribution in [1.29, 1.82) is 0 Å². The van der Waals surface area contributed by atoms with E-state index in [1.54, 1.807) is 72.5 Å². The number of ether oxygens (including phenoxy) is 1. The van der Waals surface area contributed by atoms with Crippen LogP contribution in [-0.4, -0.2) is 30.4 Å². The van der Waals surface area contributed by atoms with E-state index in [0.717, 1.165) is 0 Å². The summed E-state index contributed by atoms with van der Waals surface area (Å²) in [6.45, 7) is 7.55. The van der Waals surface area contributed by atoms with E-state index >= 15 is 0 Å². The maximum absolute atomic E-state index is 14.4. The van der Waals surface area contributed by atoms with Gasteiger partial charge < -0.3 is 20.3 Å². The first kappa shape index (κ1) is 28.5. The minimum atomic E-state index is -1.58. The lowest BCUT2D eigenvalue weighted by Gasteiger charge is -2.31. The van der Waals surface area contributed by atoms with Crippen LogP contribution in [0.15, 0.2) is 60.7 Å². The van der Waals surface area contributed by atoms with E-state index in [-0.39, 0.29) is 30.7 Å². The Bertz CT molecular complexity index is 1450. The molecule has 3 amide bonds. The molecular formula is C30H31Cl2N3O4. The van der Waals surface area contributed by atoms with Crippen molar-refractivity contribution < 1.29 is 19.1 Å².